The molecule has 3 amide bonds. The minimum absolute atomic E-state index is 0.132. The van der Waals surface area contributed by atoms with Gasteiger partial charge in [-0.1, -0.05) is 6.07 Å². The molecule has 0 aliphatic carbocycles. The van der Waals surface area contributed by atoms with Crippen LogP contribution >= 0.6 is 0 Å². The van der Waals surface area contributed by atoms with Crippen LogP contribution in [0, 0.1) is 0 Å². The monoisotopic (exact) mass is 313 g/mol. The second-order valence-corrected chi connectivity index (χ2v) is 4.36. The molecule has 0 atom stereocenters. The molecule has 8 heteroatoms. The molecule has 4 N–H and O–H groups in total. The van der Waals surface area contributed by atoms with Crippen molar-refractivity contribution in [3.05, 3.63) is 54.2 Å². The Labute approximate surface area is 132 Å². The molecule has 0 spiro atoms. The van der Waals surface area contributed by atoms with Crippen LogP contribution in [0.1, 0.15) is 5.56 Å². The fourth-order valence-electron chi connectivity index (χ4n) is 1.59. The second kappa shape index (κ2) is 8.13. The Kier molecular flexibility index (Phi) is 5.64. The number of hydrazone groups is 1. The quantitative estimate of drug-likeness (QED) is 0.546. The van der Waals surface area contributed by atoms with E-state index in [4.69, 9.17) is 10.5 Å². The van der Waals surface area contributed by atoms with Gasteiger partial charge in [0, 0.05) is 6.20 Å². The number of rotatable bonds is 6. The number of ether oxygens (including phenoxy) is 1. The number of urea groups is 1. The highest BCUT2D eigenvalue weighted by Gasteiger charge is 2.04. The van der Waals surface area contributed by atoms with Crippen molar-refractivity contribution in [2.45, 2.75) is 0 Å². The van der Waals surface area contributed by atoms with E-state index in [0.29, 0.717) is 11.6 Å². The Hall–Kier alpha value is -3.42. The van der Waals surface area contributed by atoms with Gasteiger partial charge in [0.05, 0.1) is 6.21 Å². The predicted octanol–water partition coefficient (Wildman–Crippen LogP) is 1.10. The van der Waals surface area contributed by atoms with Crippen LogP contribution in [-0.4, -0.2) is 29.7 Å². The summed E-state index contributed by atoms with van der Waals surface area (Å²) >= 11 is 0. The third kappa shape index (κ3) is 5.84. The first-order chi connectivity index (χ1) is 11.1. The van der Waals surface area contributed by atoms with E-state index in [-0.39, 0.29) is 12.5 Å². The van der Waals surface area contributed by atoms with E-state index >= 15 is 0 Å². The van der Waals surface area contributed by atoms with E-state index in [2.05, 4.69) is 20.8 Å². The van der Waals surface area contributed by atoms with Gasteiger partial charge in [0.2, 0.25) is 0 Å². The zero-order chi connectivity index (χ0) is 16.5. The molecule has 2 aromatic rings. The van der Waals surface area contributed by atoms with E-state index < -0.39 is 6.03 Å². The zero-order valence-corrected chi connectivity index (χ0v) is 12.1. The summed E-state index contributed by atoms with van der Waals surface area (Å²) in [6.45, 7) is -0.132. The van der Waals surface area contributed by atoms with Crippen molar-refractivity contribution >= 4 is 24.0 Å². The van der Waals surface area contributed by atoms with Gasteiger partial charge in [-0.15, -0.1) is 0 Å². The lowest BCUT2D eigenvalue weighted by Gasteiger charge is -2.07. The molecule has 0 saturated carbocycles. The number of nitrogens with one attached hydrogen (secondary N) is 2. The van der Waals surface area contributed by atoms with Crippen LogP contribution in [0.5, 0.6) is 5.75 Å². The van der Waals surface area contributed by atoms with E-state index in [9.17, 15) is 9.59 Å². The third-order valence-corrected chi connectivity index (χ3v) is 2.57. The number of pyridine rings is 1. The Morgan fingerprint density at radius 1 is 1.22 bits per heavy atom. The lowest BCUT2D eigenvalue weighted by Crippen LogP contribution is -2.24. The lowest BCUT2D eigenvalue weighted by molar-refractivity contribution is -0.118. The first-order valence-corrected chi connectivity index (χ1v) is 6.66. The van der Waals surface area contributed by atoms with E-state index in [1.54, 1.807) is 48.7 Å². The molecule has 23 heavy (non-hydrogen) atoms. The molecule has 0 unspecified atom stereocenters. The number of amides is 3. The summed E-state index contributed by atoms with van der Waals surface area (Å²) in [7, 11) is 0. The van der Waals surface area contributed by atoms with E-state index in [1.165, 1.54) is 6.21 Å². The topological polar surface area (TPSA) is 119 Å². The number of primary amides is 1. The van der Waals surface area contributed by atoms with E-state index in [1.807, 2.05) is 0 Å². The maximum Gasteiger partial charge on any atom is 0.332 e. The summed E-state index contributed by atoms with van der Waals surface area (Å²) in [4.78, 5) is 26.2. The number of aromatic nitrogens is 1. The number of hydrogen-bond acceptors (Lipinski definition) is 5. The van der Waals surface area contributed by atoms with Crippen LogP contribution in [0.3, 0.4) is 0 Å². The fraction of sp³-hybridized carbons (Fsp3) is 0.0667. The van der Waals surface area contributed by atoms with E-state index in [0.717, 1.165) is 5.56 Å². The SMILES string of the molecule is NC(=O)NN=Cc1ccc(OCC(=O)Nc2ccccn2)cc1. The number of hydrogen-bond donors (Lipinski definition) is 3. The smallest absolute Gasteiger partial charge is 0.332 e. The van der Waals surface area contributed by atoms with Crippen molar-refractivity contribution in [1.29, 1.82) is 0 Å². The summed E-state index contributed by atoms with van der Waals surface area (Å²) in [5, 5.41) is 6.24. The standard InChI is InChI=1S/C15H15N5O3/c16-15(22)20-18-9-11-4-6-12(7-5-11)23-10-14(21)19-13-3-1-2-8-17-13/h1-9H,10H2,(H3,16,20,22)(H,17,19,21). The van der Waals surface area contributed by atoms with Crippen LogP contribution in [0.15, 0.2) is 53.8 Å². The van der Waals surface area contributed by atoms with Gasteiger partial charge in [-0.3, -0.25) is 4.79 Å². The third-order valence-electron chi connectivity index (χ3n) is 2.57. The zero-order valence-electron chi connectivity index (χ0n) is 12.1. The Bertz CT molecular complexity index is 686. The minimum Gasteiger partial charge on any atom is -0.484 e. The summed E-state index contributed by atoms with van der Waals surface area (Å²) in [5.41, 5.74) is 7.71. The van der Waals surface area contributed by atoms with Crippen LogP contribution < -0.4 is 21.2 Å². The molecule has 1 aromatic heterocycles. The highest BCUT2D eigenvalue weighted by molar-refractivity contribution is 5.90. The largest absolute Gasteiger partial charge is 0.484 e. The molecule has 0 aliphatic heterocycles. The maximum absolute atomic E-state index is 11.7. The van der Waals surface area contributed by atoms with Gasteiger partial charge in [-0.05, 0) is 42.0 Å². The van der Waals surface area contributed by atoms with Gasteiger partial charge < -0.3 is 15.8 Å². The van der Waals surface area contributed by atoms with Crippen LogP contribution in [-0.2, 0) is 4.79 Å². The number of carbonyl (C=O) groups excluding carboxylic acids is 2. The summed E-state index contributed by atoms with van der Waals surface area (Å²) in [6.07, 6.45) is 3.02. The average molecular weight is 313 g/mol. The van der Waals surface area contributed by atoms with Crippen molar-refractivity contribution in [2.75, 3.05) is 11.9 Å². The van der Waals surface area contributed by atoms with Gasteiger partial charge in [-0.25, -0.2) is 15.2 Å². The number of nitrogens with zero attached hydrogens (tertiary/aromatic N) is 2. The van der Waals surface area contributed by atoms with Crippen molar-refractivity contribution < 1.29 is 14.3 Å². The molecule has 0 radical (unpaired) electrons. The highest BCUT2D eigenvalue weighted by Crippen LogP contribution is 2.11. The first kappa shape index (κ1) is 16.0. The molecule has 1 heterocycles. The molecule has 118 valence electrons. The van der Waals surface area contributed by atoms with Gasteiger partial charge in [0.15, 0.2) is 6.61 Å². The molecule has 0 saturated heterocycles. The van der Waals surface area contributed by atoms with Crippen molar-refractivity contribution in [3.63, 3.8) is 0 Å². The van der Waals surface area contributed by atoms with Crippen molar-refractivity contribution in [2.24, 2.45) is 10.8 Å². The normalized spacial score (nSPS) is 10.3. The Morgan fingerprint density at radius 2 is 2.00 bits per heavy atom. The summed E-state index contributed by atoms with van der Waals surface area (Å²) < 4.78 is 5.36. The van der Waals surface area contributed by atoms with Crippen molar-refractivity contribution in [3.8, 4) is 5.75 Å². The molecule has 0 fully saturated rings. The van der Waals surface area contributed by atoms with Crippen LogP contribution in [0.25, 0.3) is 0 Å². The highest BCUT2D eigenvalue weighted by atomic mass is 16.5. The fourth-order valence-corrected chi connectivity index (χ4v) is 1.59. The molecule has 0 aliphatic rings. The first-order valence-electron chi connectivity index (χ1n) is 6.66. The minimum atomic E-state index is -0.736. The van der Waals surface area contributed by atoms with Crippen molar-refractivity contribution in [1.82, 2.24) is 10.4 Å². The number of nitrogens with two attached hydrogens (primary N) is 1. The molecule has 1 aromatic carbocycles. The number of anilines is 1. The summed E-state index contributed by atoms with van der Waals surface area (Å²) in [6, 6.07) is 11.3. The Morgan fingerprint density at radius 3 is 2.65 bits per heavy atom. The second-order valence-electron chi connectivity index (χ2n) is 4.36. The Balaban J connectivity index is 1.80. The van der Waals surface area contributed by atoms with Gasteiger partial charge >= 0.3 is 6.03 Å². The molecule has 0 bridgehead atoms. The lowest BCUT2D eigenvalue weighted by atomic mass is 10.2. The van der Waals surface area contributed by atoms with Gasteiger partial charge in [0.1, 0.15) is 11.6 Å². The number of benzene rings is 1. The average Bonchev–Trinajstić information content (AvgIpc) is 2.55. The summed E-state index contributed by atoms with van der Waals surface area (Å²) in [5.74, 6) is 0.691. The van der Waals surface area contributed by atoms with Gasteiger partial charge in [0.25, 0.3) is 5.91 Å². The molecular formula is C15H15N5O3. The molecular weight excluding hydrogens is 298 g/mol. The maximum atomic E-state index is 11.7. The van der Waals surface area contributed by atoms with Crippen LogP contribution in [0.2, 0.25) is 0 Å². The molecule has 2 rings (SSSR count). The predicted molar refractivity (Wildman–Crippen MR) is 85.1 cm³/mol. The van der Waals surface area contributed by atoms with Crippen LogP contribution in [0.4, 0.5) is 10.6 Å². The molecule has 8 nitrogen and oxygen atoms in total. The number of carbonyl (C=O) groups is 2. The van der Waals surface area contributed by atoms with Gasteiger partial charge in [-0.2, -0.15) is 5.10 Å².